The molecule has 4 amide bonds. The molecule has 0 saturated carbocycles. The molecule has 14 nitrogen and oxygen atoms in total. The van der Waals surface area contributed by atoms with E-state index in [0.29, 0.717) is 38.9 Å². The highest BCUT2D eigenvalue weighted by molar-refractivity contribution is 7.86. The number of para-hydroxylation sites is 4. The molecule has 2 saturated heterocycles. The van der Waals surface area contributed by atoms with Gasteiger partial charge in [0.05, 0.1) is 43.5 Å². The number of hydrogen-bond donors (Lipinski definition) is 0. The van der Waals surface area contributed by atoms with Crippen molar-refractivity contribution in [3.8, 4) is 0 Å². The third-order valence-corrected chi connectivity index (χ3v) is 22.1. The van der Waals surface area contributed by atoms with Gasteiger partial charge in [0.2, 0.25) is 11.8 Å². The summed E-state index contributed by atoms with van der Waals surface area (Å²) >= 11 is 0. The summed E-state index contributed by atoms with van der Waals surface area (Å²) in [7, 11) is -5.16. The van der Waals surface area contributed by atoms with Crippen LogP contribution in [0.2, 0.25) is 0 Å². The van der Waals surface area contributed by atoms with Gasteiger partial charge in [0.1, 0.15) is 43.1 Å². The number of nitrogens with zero attached hydrogens (tertiary/aromatic N) is 5. The summed E-state index contributed by atoms with van der Waals surface area (Å²) in [5, 5.41) is -1.69. The summed E-state index contributed by atoms with van der Waals surface area (Å²) in [6, 6.07) is 86.0. The van der Waals surface area contributed by atoms with Gasteiger partial charge in [-0.05, 0) is 102 Å². The van der Waals surface area contributed by atoms with Crippen LogP contribution in [0, 0.1) is 5.92 Å². The second-order valence-electron chi connectivity index (χ2n) is 21.6. The van der Waals surface area contributed by atoms with Gasteiger partial charge in [-0.1, -0.05) is 206 Å². The maximum Gasteiger partial charge on any atom is 0.262 e. The Bertz CT molecular complexity index is 3950. The van der Waals surface area contributed by atoms with Gasteiger partial charge in [0.15, 0.2) is 0 Å². The van der Waals surface area contributed by atoms with Crippen molar-refractivity contribution in [1.29, 1.82) is 0 Å². The van der Waals surface area contributed by atoms with Gasteiger partial charge < -0.3 is 4.79 Å². The van der Waals surface area contributed by atoms with Crippen LogP contribution in [0.25, 0.3) is 0 Å². The van der Waals surface area contributed by atoms with Gasteiger partial charge in [-0.2, -0.15) is 0 Å². The molecular weight excluding hydrogens is 1230 g/mol. The number of fused-ring (bicyclic) bond motifs is 2. The minimum atomic E-state index is -1.46. The topological polar surface area (TPSA) is 179 Å². The Labute approximate surface area is 544 Å². The average Bonchev–Trinajstić information content (AvgIpc) is 0.780. The largest absolute Gasteiger partial charge is 0.300 e. The van der Waals surface area contributed by atoms with Crippen LogP contribution in [-0.2, 0) is 57.6 Å². The van der Waals surface area contributed by atoms with Crippen LogP contribution in [0.1, 0.15) is 84.2 Å². The summed E-state index contributed by atoms with van der Waals surface area (Å²) in [5.41, 5.74) is 7.33. The van der Waals surface area contributed by atoms with Crippen LogP contribution in [0.3, 0.4) is 0 Å². The van der Waals surface area contributed by atoms with E-state index in [9.17, 15) is 40.8 Å². The maximum absolute atomic E-state index is 13.3. The van der Waals surface area contributed by atoms with Gasteiger partial charge in [0, 0.05) is 64.1 Å². The molecule has 9 aromatic carbocycles. The predicted molar refractivity (Wildman–Crippen MR) is 364 cm³/mol. The fourth-order valence-corrected chi connectivity index (χ4v) is 17.9. The average molecular weight is 1290 g/mol. The first-order valence-corrected chi connectivity index (χ1v) is 34.9. The Kier molecular flexibility index (Phi) is 20.8. The zero-order valence-corrected chi connectivity index (χ0v) is 53.2. The van der Waals surface area contributed by atoms with E-state index in [2.05, 4.69) is 4.98 Å². The molecule has 0 bridgehead atoms. The van der Waals surface area contributed by atoms with E-state index < -0.39 is 65.2 Å². The van der Waals surface area contributed by atoms with Gasteiger partial charge in [0.25, 0.3) is 11.8 Å². The molecule has 5 heterocycles. The lowest BCUT2D eigenvalue weighted by atomic mass is 10.0. The number of carbonyl (C=O) groups excluding carboxylic acids is 5. The lowest BCUT2D eigenvalue weighted by molar-refractivity contribution is -0.126. The van der Waals surface area contributed by atoms with Crippen molar-refractivity contribution in [3.05, 3.63) is 319 Å². The summed E-state index contributed by atoms with van der Waals surface area (Å²) in [5.74, 6) is -0.333. The van der Waals surface area contributed by atoms with Crippen molar-refractivity contribution in [3.63, 3.8) is 0 Å². The Morgan fingerprint density at radius 2 is 0.761 bits per heavy atom. The Morgan fingerprint density at radius 3 is 1.22 bits per heavy atom. The molecule has 14 rings (SSSR count). The lowest BCUT2D eigenvalue weighted by Gasteiger charge is -2.38. The molecule has 462 valence electrons. The number of hydrogen-bond acceptors (Lipinski definition) is 10. The van der Waals surface area contributed by atoms with Crippen molar-refractivity contribution in [2.24, 2.45) is 5.92 Å². The van der Waals surface area contributed by atoms with Gasteiger partial charge in [-0.25, -0.2) is 4.98 Å². The number of aromatic nitrogens is 1. The smallest absolute Gasteiger partial charge is 0.262 e. The normalized spacial score (nSPS) is 21.6. The van der Waals surface area contributed by atoms with Crippen molar-refractivity contribution in [2.45, 2.75) is 51.2 Å². The number of carbonyl (C=O) groups is 5. The second-order valence-corrected chi connectivity index (χ2v) is 27.7. The molecule has 18 heteroatoms. The summed E-state index contributed by atoms with van der Waals surface area (Å²) in [4.78, 5) is 74.4. The molecule has 9 unspecified atom stereocenters. The third kappa shape index (κ3) is 14.1. The molecule has 2 fully saturated rings. The summed E-state index contributed by atoms with van der Waals surface area (Å²) in [6.45, 7) is 1.46. The summed E-state index contributed by atoms with van der Waals surface area (Å²) in [6.07, 6.45) is 2.05. The Balaban J connectivity index is 0.000000126. The minimum absolute atomic E-state index is 0.0321. The molecule has 1 aromatic heterocycles. The highest BCUT2D eigenvalue weighted by Crippen LogP contribution is 2.42. The second kappa shape index (κ2) is 29.9. The number of amides is 4. The number of benzene rings is 9. The number of Topliss-reactive ketones (excluding diaryl/α,β-unsaturated/α-hetero) is 1. The van der Waals surface area contributed by atoms with Gasteiger partial charge in [-0.3, -0.25) is 55.6 Å². The highest BCUT2D eigenvalue weighted by Gasteiger charge is 2.44. The standard InChI is InChI=1S/C20H15NO2S.C19H14N2O2S.C19H19NO3S.C16H15NO2S/c22-19-17-13-7-8-14-18(17)24(23)20(15-9-3-1-4-10-15)21(19)16-11-5-2-6-12-16;22-18-16-12-7-13-20-17(16)24(23)19(14-8-3-1-4-9-14)21(18)15-10-5-2-6-11-15;1-14(21)12-16-13-24(23)19(15-8-4-2-5-9-15)20(18(16)22)17-10-6-3-7-11-17;18-15-11-12-20(19)16(13-7-3-1-4-8-13)17(15)14-9-5-2-6-10-14/h1-14,20H;1-13,19H;2-11,16,19H,12-13H2,1H3;1-10,16H,11-12H2. The van der Waals surface area contributed by atoms with Crippen LogP contribution >= 0.6 is 0 Å². The van der Waals surface area contributed by atoms with Crippen LogP contribution < -0.4 is 19.6 Å². The first-order valence-electron chi connectivity index (χ1n) is 29.7. The van der Waals surface area contributed by atoms with Crippen molar-refractivity contribution < 1.29 is 40.8 Å². The first-order chi connectivity index (χ1) is 44.9. The molecule has 10 aromatic rings. The maximum atomic E-state index is 13.3. The van der Waals surface area contributed by atoms with E-state index in [1.165, 1.54) is 6.92 Å². The van der Waals surface area contributed by atoms with E-state index >= 15 is 0 Å². The molecule has 4 aliphatic heterocycles. The van der Waals surface area contributed by atoms with E-state index in [1.54, 1.807) is 56.1 Å². The molecule has 0 radical (unpaired) electrons. The third-order valence-electron chi connectivity index (χ3n) is 15.6. The lowest BCUT2D eigenvalue weighted by Crippen LogP contribution is -2.48. The SMILES string of the molecule is CC(=O)CC1CS(=O)C(c2ccccc2)N(c2ccccc2)C1=O.O=C1CCS(=O)C(c2ccccc2)N1c1ccccc1.O=C1c2ccccc2S(=O)C(c2ccccc2)N1c1ccccc1.O=C1c2cccnc2S(=O)C(c2ccccc2)N1c1ccccc1. The van der Waals surface area contributed by atoms with E-state index in [1.807, 2.05) is 249 Å². The minimum Gasteiger partial charge on any atom is -0.300 e. The predicted octanol–water partition coefficient (Wildman–Crippen LogP) is 13.6. The number of pyridine rings is 1. The first kappa shape index (κ1) is 63.8. The van der Waals surface area contributed by atoms with Crippen LogP contribution in [-0.4, -0.2) is 62.7 Å². The molecule has 4 aliphatic rings. The Morgan fingerprint density at radius 1 is 0.402 bits per heavy atom. The zero-order chi connectivity index (χ0) is 64.1. The molecule has 0 aliphatic carbocycles. The fourth-order valence-electron chi connectivity index (χ4n) is 11.4. The van der Waals surface area contributed by atoms with E-state index in [0.717, 1.165) is 39.3 Å². The molecular formula is C74H63N5O9S4. The molecule has 92 heavy (non-hydrogen) atoms. The molecule has 0 N–H and O–H groups in total. The quantitative estimate of drug-likeness (QED) is 0.128. The van der Waals surface area contributed by atoms with Crippen molar-refractivity contribution >= 4 is 95.4 Å². The number of anilines is 4. The highest BCUT2D eigenvalue weighted by atomic mass is 32.2. The van der Waals surface area contributed by atoms with Crippen LogP contribution in [0.15, 0.2) is 295 Å². The number of ketones is 1. The summed E-state index contributed by atoms with van der Waals surface area (Å²) < 4.78 is 51.8. The Hall–Kier alpha value is -9.72. The number of rotatable bonds is 10. The van der Waals surface area contributed by atoms with Crippen LogP contribution in [0.5, 0.6) is 0 Å². The van der Waals surface area contributed by atoms with Crippen molar-refractivity contribution in [2.75, 3.05) is 31.1 Å². The zero-order valence-electron chi connectivity index (χ0n) is 49.9. The van der Waals surface area contributed by atoms with Crippen molar-refractivity contribution in [1.82, 2.24) is 4.98 Å². The van der Waals surface area contributed by atoms with Gasteiger partial charge in [-0.15, -0.1) is 0 Å². The molecule has 0 spiro atoms. The van der Waals surface area contributed by atoms with E-state index in [-0.39, 0.29) is 47.0 Å². The van der Waals surface area contributed by atoms with E-state index in [4.69, 9.17) is 0 Å². The van der Waals surface area contributed by atoms with Gasteiger partial charge >= 0.3 is 0 Å². The fraction of sp³-hybridized carbons (Fsp3) is 0.135. The molecule has 9 atom stereocenters. The van der Waals surface area contributed by atoms with Crippen LogP contribution in [0.4, 0.5) is 22.7 Å². The monoisotopic (exact) mass is 1290 g/mol.